The Bertz CT molecular complexity index is 641. The molecule has 1 aromatic heterocycles. The van der Waals surface area contributed by atoms with Crippen LogP contribution in [0.15, 0.2) is 24.3 Å². The molecule has 1 fully saturated rings. The maximum absolute atomic E-state index is 11.4. The van der Waals surface area contributed by atoms with E-state index in [-0.39, 0.29) is 5.69 Å². The molecule has 3 rings (SSSR count). The largest absolute Gasteiger partial charge is 0.476 e. The number of aromatic carboxylic acids is 1. The summed E-state index contributed by atoms with van der Waals surface area (Å²) in [6.45, 7) is 0. The minimum Gasteiger partial charge on any atom is -0.476 e. The van der Waals surface area contributed by atoms with Crippen LogP contribution in [0.1, 0.15) is 23.3 Å². The number of nitrogens with zero attached hydrogens (tertiary/aromatic N) is 2. The van der Waals surface area contributed by atoms with Crippen LogP contribution < -0.4 is 5.32 Å². The molecule has 1 unspecified atom stereocenters. The van der Waals surface area contributed by atoms with Gasteiger partial charge in [0.25, 0.3) is 0 Å². The predicted molar refractivity (Wildman–Crippen MR) is 80.5 cm³/mol. The van der Waals surface area contributed by atoms with E-state index in [2.05, 4.69) is 15.5 Å². The van der Waals surface area contributed by atoms with Crippen molar-refractivity contribution in [1.29, 1.82) is 0 Å². The summed E-state index contributed by atoms with van der Waals surface area (Å²) in [5, 5.41) is 21.3. The van der Waals surface area contributed by atoms with Crippen molar-refractivity contribution in [3.05, 3.63) is 30.0 Å². The molecule has 0 bridgehead atoms. The lowest BCUT2D eigenvalue weighted by atomic mass is 10.1. The van der Waals surface area contributed by atoms with Crippen LogP contribution in [0.5, 0.6) is 0 Å². The number of carboxylic acids is 1. The monoisotopic (exact) mass is 289 g/mol. The van der Waals surface area contributed by atoms with E-state index >= 15 is 0 Å². The highest BCUT2D eigenvalue weighted by Gasteiger charge is 2.21. The Hall–Kier alpha value is -1.82. The maximum atomic E-state index is 11.4. The summed E-state index contributed by atoms with van der Waals surface area (Å²) in [6, 6.07) is 7.77. The normalized spacial score (nSPS) is 18.9. The minimum atomic E-state index is -1.05. The first-order valence-corrected chi connectivity index (χ1v) is 7.74. The fourth-order valence-corrected chi connectivity index (χ4v) is 3.48. The third-order valence-electron chi connectivity index (χ3n) is 3.38. The van der Waals surface area contributed by atoms with E-state index in [0.717, 1.165) is 24.0 Å². The third kappa shape index (κ3) is 2.56. The zero-order valence-electron chi connectivity index (χ0n) is 10.9. The van der Waals surface area contributed by atoms with Gasteiger partial charge in [-0.1, -0.05) is 18.2 Å². The van der Waals surface area contributed by atoms with E-state index in [1.165, 1.54) is 5.75 Å². The number of thioether (sulfide) groups is 1. The molecule has 1 saturated heterocycles. The molecule has 0 aliphatic carbocycles. The third-order valence-corrected chi connectivity index (χ3v) is 4.59. The molecule has 0 amide bonds. The minimum absolute atomic E-state index is 0.000673. The number of hydrogen-bond acceptors (Lipinski definition) is 5. The van der Waals surface area contributed by atoms with Gasteiger partial charge in [-0.15, -0.1) is 10.2 Å². The van der Waals surface area contributed by atoms with E-state index in [1.54, 1.807) is 0 Å². The summed E-state index contributed by atoms with van der Waals surface area (Å²) in [5.74, 6) is 1.13. The average Bonchev–Trinajstić information content (AvgIpc) is 2.48. The summed E-state index contributed by atoms with van der Waals surface area (Å²) in [7, 11) is 0. The molecule has 20 heavy (non-hydrogen) atoms. The van der Waals surface area contributed by atoms with Crippen LogP contribution in [0.25, 0.3) is 10.9 Å². The highest BCUT2D eigenvalue weighted by Crippen LogP contribution is 2.28. The summed E-state index contributed by atoms with van der Waals surface area (Å²) in [4.78, 5) is 11.4. The lowest BCUT2D eigenvalue weighted by molar-refractivity contribution is 0.0690. The summed E-state index contributed by atoms with van der Waals surface area (Å²) < 4.78 is 0. The smallest absolute Gasteiger partial charge is 0.358 e. The Kier molecular flexibility index (Phi) is 3.73. The number of hydrogen-bond donors (Lipinski definition) is 2. The SMILES string of the molecule is O=C(O)c1nnc2ccccc2c1NC1CCCSC1. The fourth-order valence-electron chi connectivity index (χ4n) is 2.41. The van der Waals surface area contributed by atoms with Crippen molar-refractivity contribution < 1.29 is 9.90 Å². The number of carbonyl (C=O) groups is 1. The van der Waals surface area contributed by atoms with Gasteiger partial charge in [-0.3, -0.25) is 0 Å². The molecule has 0 saturated carbocycles. The van der Waals surface area contributed by atoms with Crippen LogP contribution in [0.3, 0.4) is 0 Å². The summed E-state index contributed by atoms with van der Waals surface area (Å²) in [6.07, 6.45) is 2.21. The number of anilines is 1. The molecule has 104 valence electrons. The molecule has 0 spiro atoms. The summed E-state index contributed by atoms with van der Waals surface area (Å²) in [5.41, 5.74) is 1.30. The first kappa shape index (κ1) is 13.2. The van der Waals surface area contributed by atoms with Crippen LogP contribution in [0.2, 0.25) is 0 Å². The van der Waals surface area contributed by atoms with Gasteiger partial charge in [0.05, 0.1) is 11.2 Å². The molecule has 1 aromatic carbocycles. The van der Waals surface area contributed by atoms with Gasteiger partial charge in [-0.25, -0.2) is 4.79 Å². The maximum Gasteiger partial charge on any atom is 0.358 e. The lowest BCUT2D eigenvalue weighted by Gasteiger charge is -2.24. The highest BCUT2D eigenvalue weighted by molar-refractivity contribution is 7.99. The fraction of sp³-hybridized carbons (Fsp3) is 0.357. The molecular weight excluding hydrogens is 274 g/mol. The van der Waals surface area contributed by atoms with Crippen LogP contribution in [0, 0.1) is 0 Å². The van der Waals surface area contributed by atoms with Gasteiger partial charge < -0.3 is 10.4 Å². The molecule has 1 atom stereocenters. The highest BCUT2D eigenvalue weighted by atomic mass is 32.2. The van der Waals surface area contributed by atoms with Gasteiger partial charge in [0.15, 0.2) is 5.69 Å². The van der Waals surface area contributed by atoms with Gasteiger partial charge in [0, 0.05) is 17.2 Å². The second-order valence-electron chi connectivity index (χ2n) is 4.80. The molecule has 6 heteroatoms. The van der Waals surface area contributed by atoms with Crippen molar-refractivity contribution in [2.45, 2.75) is 18.9 Å². The zero-order chi connectivity index (χ0) is 13.9. The van der Waals surface area contributed by atoms with E-state index in [0.29, 0.717) is 17.2 Å². The van der Waals surface area contributed by atoms with Gasteiger partial charge >= 0.3 is 5.97 Å². The zero-order valence-corrected chi connectivity index (χ0v) is 11.7. The van der Waals surface area contributed by atoms with Crippen molar-refractivity contribution in [3.8, 4) is 0 Å². The van der Waals surface area contributed by atoms with Gasteiger partial charge in [0.2, 0.25) is 0 Å². The predicted octanol–water partition coefficient (Wildman–Crippen LogP) is 2.64. The van der Waals surface area contributed by atoms with E-state index < -0.39 is 5.97 Å². The Morgan fingerprint density at radius 3 is 2.95 bits per heavy atom. The van der Waals surface area contributed by atoms with Crippen molar-refractivity contribution in [2.24, 2.45) is 0 Å². The summed E-state index contributed by atoms with van der Waals surface area (Å²) >= 11 is 1.90. The first-order chi connectivity index (χ1) is 9.75. The van der Waals surface area contributed by atoms with Crippen molar-refractivity contribution >= 4 is 34.3 Å². The molecule has 2 N–H and O–H groups in total. The number of benzene rings is 1. The standard InChI is InChI=1S/C14H15N3O2S/c18-14(19)13-12(15-9-4-3-7-20-8-9)10-5-1-2-6-11(10)16-17-13/h1-2,5-6,9H,3-4,7-8H2,(H,15,16)(H,18,19). The van der Waals surface area contributed by atoms with E-state index in [9.17, 15) is 9.90 Å². The second-order valence-corrected chi connectivity index (χ2v) is 5.95. The van der Waals surface area contributed by atoms with Crippen molar-refractivity contribution in [3.63, 3.8) is 0 Å². The van der Waals surface area contributed by atoms with Gasteiger partial charge in [-0.05, 0) is 24.7 Å². The number of nitrogens with one attached hydrogen (secondary N) is 1. The Balaban J connectivity index is 2.04. The van der Waals surface area contributed by atoms with Crippen LogP contribution in [0.4, 0.5) is 5.69 Å². The Labute approximate surface area is 120 Å². The molecule has 1 aliphatic heterocycles. The van der Waals surface area contributed by atoms with Crippen LogP contribution in [-0.2, 0) is 0 Å². The number of carboxylic acid groups (broad SMARTS) is 1. The first-order valence-electron chi connectivity index (χ1n) is 6.58. The van der Waals surface area contributed by atoms with E-state index in [1.807, 2.05) is 36.0 Å². The molecule has 2 heterocycles. The van der Waals surface area contributed by atoms with Crippen molar-refractivity contribution in [1.82, 2.24) is 10.2 Å². The topological polar surface area (TPSA) is 75.1 Å². The lowest BCUT2D eigenvalue weighted by Crippen LogP contribution is -2.27. The van der Waals surface area contributed by atoms with Crippen molar-refractivity contribution in [2.75, 3.05) is 16.8 Å². The molecular formula is C14H15N3O2S. The molecule has 0 radical (unpaired) electrons. The van der Waals surface area contributed by atoms with Gasteiger partial charge in [0.1, 0.15) is 0 Å². The van der Waals surface area contributed by atoms with Gasteiger partial charge in [-0.2, -0.15) is 11.8 Å². The molecule has 5 nitrogen and oxygen atoms in total. The quantitative estimate of drug-likeness (QED) is 0.904. The number of rotatable bonds is 3. The second kappa shape index (κ2) is 5.66. The molecule has 2 aromatic rings. The number of aromatic nitrogens is 2. The molecule has 1 aliphatic rings. The Morgan fingerprint density at radius 1 is 1.35 bits per heavy atom. The van der Waals surface area contributed by atoms with Crippen LogP contribution in [-0.4, -0.2) is 38.8 Å². The Morgan fingerprint density at radius 2 is 2.20 bits per heavy atom. The van der Waals surface area contributed by atoms with E-state index in [4.69, 9.17) is 0 Å². The average molecular weight is 289 g/mol. The van der Waals surface area contributed by atoms with Crippen LogP contribution >= 0.6 is 11.8 Å². The number of fused-ring (bicyclic) bond motifs is 1.